The molecule has 0 bridgehead atoms. The van der Waals surface area contributed by atoms with E-state index in [0.717, 1.165) is 25.3 Å². The molecule has 2 fully saturated rings. The Kier molecular flexibility index (Phi) is 7.44. The van der Waals surface area contributed by atoms with Crippen LogP contribution in [0, 0.1) is 5.92 Å². The fraction of sp³-hybridized carbons (Fsp3) is 0.929. The monoisotopic (exact) mass is 338 g/mol. The minimum Gasteiger partial charge on any atom is -0.338 e. The standard InChI is InChI=1S/C14H26N2O3S.ClH/c1-2-3-7-16(13-6-8-20(18,19)11-13)14(17)10-15-9-12-4-5-12;/h12-13,15H,2-11H2,1H3;1H. The van der Waals surface area contributed by atoms with Gasteiger partial charge in [0.25, 0.3) is 0 Å². The summed E-state index contributed by atoms with van der Waals surface area (Å²) in [6.45, 7) is 4.02. The first-order valence-corrected chi connectivity index (χ1v) is 9.54. The van der Waals surface area contributed by atoms with Gasteiger partial charge in [-0.25, -0.2) is 8.42 Å². The van der Waals surface area contributed by atoms with Crippen LogP contribution in [0.4, 0.5) is 0 Å². The van der Waals surface area contributed by atoms with E-state index in [4.69, 9.17) is 0 Å². The van der Waals surface area contributed by atoms with E-state index in [1.165, 1.54) is 12.8 Å². The molecule has 1 atom stereocenters. The molecular weight excluding hydrogens is 312 g/mol. The summed E-state index contributed by atoms with van der Waals surface area (Å²) in [5.74, 6) is 1.17. The Bertz CT molecular complexity index is 438. The van der Waals surface area contributed by atoms with Crippen molar-refractivity contribution < 1.29 is 13.2 Å². The summed E-state index contributed by atoms with van der Waals surface area (Å²) in [4.78, 5) is 14.1. The van der Waals surface area contributed by atoms with Gasteiger partial charge in [0.05, 0.1) is 18.1 Å². The lowest BCUT2D eigenvalue weighted by Crippen LogP contribution is -2.46. The fourth-order valence-corrected chi connectivity index (χ4v) is 4.40. The molecule has 0 aromatic heterocycles. The van der Waals surface area contributed by atoms with Crippen molar-refractivity contribution in [2.24, 2.45) is 5.92 Å². The highest BCUT2D eigenvalue weighted by molar-refractivity contribution is 7.91. The highest BCUT2D eigenvalue weighted by atomic mass is 35.5. The number of hydrogen-bond donors (Lipinski definition) is 1. The summed E-state index contributed by atoms with van der Waals surface area (Å²) in [6, 6.07) is -0.109. The van der Waals surface area contributed by atoms with Crippen molar-refractivity contribution in [1.29, 1.82) is 0 Å². The maximum atomic E-state index is 12.3. The van der Waals surface area contributed by atoms with Crippen LogP contribution in [0.2, 0.25) is 0 Å². The van der Waals surface area contributed by atoms with Gasteiger partial charge in [-0.05, 0) is 38.1 Å². The molecule has 1 aliphatic carbocycles. The normalized spacial score (nSPS) is 23.6. The molecule has 2 rings (SSSR count). The second-order valence-electron chi connectivity index (χ2n) is 6.07. The first-order chi connectivity index (χ1) is 9.52. The average molecular weight is 339 g/mol. The number of rotatable bonds is 8. The van der Waals surface area contributed by atoms with Crippen molar-refractivity contribution in [3.05, 3.63) is 0 Å². The molecule has 1 aliphatic heterocycles. The van der Waals surface area contributed by atoms with Crippen molar-refractivity contribution in [2.45, 2.75) is 45.1 Å². The number of hydrogen-bond acceptors (Lipinski definition) is 4. The summed E-state index contributed by atoms with van der Waals surface area (Å²) in [7, 11) is -2.94. The van der Waals surface area contributed by atoms with E-state index < -0.39 is 9.84 Å². The summed E-state index contributed by atoms with van der Waals surface area (Å²) in [5, 5.41) is 3.21. The Balaban J connectivity index is 0.00000220. The van der Waals surface area contributed by atoms with Gasteiger partial charge in [0, 0.05) is 12.6 Å². The lowest BCUT2D eigenvalue weighted by atomic mass is 10.2. The molecule has 1 amide bonds. The number of carbonyl (C=O) groups is 1. The van der Waals surface area contributed by atoms with E-state index in [-0.39, 0.29) is 35.9 Å². The van der Waals surface area contributed by atoms with E-state index in [0.29, 0.717) is 19.5 Å². The molecule has 7 heteroatoms. The van der Waals surface area contributed by atoms with Crippen LogP contribution < -0.4 is 5.32 Å². The number of sulfone groups is 1. The third-order valence-electron chi connectivity index (χ3n) is 4.13. The van der Waals surface area contributed by atoms with E-state index in [1.807, 2.05) is 0 Å². The lowest BCUT2D eigenvalue weighted by molar-refractivity contribution is -0.132. The Morgan fingerprint density at radius 1 is 1.29 bits per heavy atom. The molecule has 1 saturated heterocycles. The topological polar surface area (TPSA) is 66.5 Å². The zero-order valence-electron chi connectivity index (χ0n) is 12.7. The first-order valence-electron chi connectivity index (χ1n) is 7.72. The molecule has 1 N–H and O–H groups in total. The minimum atomic E-state index is -2.94. The van der Waals surface area contributed by atoms with Crippen LogP contribution in [-0.2, 0) is 14.6 Å². The zero-order chi connectivity index (χ0) is 14.6. The fourth-order valence-electron chi connectivity index (χ4n) is 2.67. The van der Waals surface area contributed by atoms with Crippen molar-refractivity contribution in [1.82, 2.24) is 10.2 Å². The number of nitrogens with one attached hydrogen (secondary N) is 1. The van der Waals surface area contributed by atoms with E-state index in [9.17, 15) is 13.2 Å². The van der Waals surface area contributed by atoms with E-state index in [2.05, 4.69) is 12.2 Å². The summed E-state index contributed by atoms with van der Waals surface area (Å²) in [5.41, 5.74) is 0. The van der Waals surface area contributed by atoms with Gasteiger partial charge in [0.1, 0.15) is 0 Å². The molecule has 1 unspecified atom stereocenters. The maximum absolute atomic E-state index is 12.3. The quantitative estimate of drug-likeness (QED) is 0.722. The van der Waals surface area contributed by atoms with Crippen LogP contribution in [0.5, 0.6) is 0 Å². The molecule has 1 saturated carbocycles. The van der Waals surface area contributed by atoms with Crippen LogP contribution in [-0.4, -0.2) is 56.4 Å². The highest BCUT2D eigenvalue weighted by Gasteiger charge is 2.34. The van der Waals surface area contributed by atoms with E-state index in [1.54, 1.807) is 4.90 Å². The number of amides is 1. The van der Waals surface area contributed by atoms with Gasteiger partial charge in [0.15, 0.2) is 9.84 Å². The Labute approximate surface area is 134 Å². The molecule has 0 aromatic carbocycles. The SMILES string of the molecule is CCCCN(C(=O)CNCC1CC1)C1CCS(=O)(=O)C1.Cl. The Morgan fingerprint density at radius 2 is 2.00 bits per heavy atom. The summed E-state index contributed by atoms with van der Waals surface area (Å²) < 4.78 is 23.2. The maximum Gasteiger partial charge on any atom is 0.236 e. The van der Waals surface area contributed by atoms with Crippen molar-refractivity contribution in [3.8, 4) is 0 Å². The van der Waals surface area contributed by atoms with E-state index >= 15 is 0 Å². The number of halogens is 1. The lowest BCUT2D eigenvalue weighted by Gasteiger charge is -2.28. The predicted molar refractivity (Wildman–Crippen MR) is 86.5 cm³/mol. The van der Waals surface area contributed by atoms with Crippen molar-refractivity contribution in [2.75, 3.05) is 31.1 Å². The van der Waals surface area contributed by atoms with Gasteiger partial charge in [-0.1, -0.05) is 13.3 Å². The second kappa shape index (κ2) is 8.34. The zero-order valence-corrected chi connectivity index (χ0v) is 14.3. The van der Waals surface area contributed by atoms with Gasteiger partial charge in [-0.15, -0.1) is 12.4 Å². The Hall–Kier alpha value is -0.330. The number of unbranched alkanes of at least 4 members (excludes halogenated alkanes) is 1. The molecule has 124 valence electrons. The van der Waals surface area contributed by atoms with Crippen LogP contribution in [0.25, 0.3) is 0 Å². The van der Waals surface area contributed by atoms with Gasteiger partial charge >= 0.3 is 0 Å². The minimum absolute atomic E-state index is 0. The van der Waals surface area contributed by atoms with Crippen molar-refractivity contribution in [3.63, 3.8) is 0 Å². The van der Waals surface area contributed by atoms with Gasteiger partial charge in [0.2, 0.25) is 5.91 Å². The molecular formula is C14H27ClN2O3S. The average Bonchev–Trinajstić information content (AvgIpc) is 3.13. The number of nitrogens with zero attached hydrogens (tertiary/aromatic N) is 1. The molecule has 21 heavy (non-hydrogen) atoms. The van der Waals surface area contributed by atoms with Crippen LogP contribution in [0.15, 0.2) is 0 Å². The molecule has 0 aromatic rings. The van der Waals surface area contributed by atoms with Crippen LogP contribution in [0.3, 0.4) is 0 Å². The largest absolute Gasteiger partial charge is 0.338 e. The summed E-state index contributed by atoms with van der Waals surface area (Å²) in [6.07, 6.45) is 5.08. The second-order valence-corrected chi connectivity index (χ2v) is 8.30. The van der Waals surface area contributed by atoms with Crippen molar-refractivity contribution >= 4 is 28.2 Å². The number of carbonyl (C=O) groups excluding carboxylic acids is 1. The van der Waals surface area contributed by atoms with Crippen LogP contribution >= 0.6 is 12.4 Å². The molecule has 5 nitrogen and oxygen atoms in total. The van der Waals surface area contributed by atoms with Gasteiger partial charge in [-0.3, -0.25) is 4.79 Å². The smallest absolute Gasteiger partial charge is 0.236 e. The molecule has 2 aliphatic rings. The first kappa shape index (κ1) is 18.7. The van der Waals surface area contributed by atoms with Gasteiger partial charge in [-0.2, -0.15) is 0 Å². The Morgan fingerprint density at radius 3 is 2.52 bits per heavy atom. The third kappa shape index (κ3) is 6.12. The molecule has 0 spiro atoms. The molecule has 0 radical (unpaired) electrons. The molecule has 1 heterocycles. The predicted octanol–water partition coefficient (Wildman–Crippen LogP) is 1.22. The van der Waals surface area contributed by atoms with Crippen LogP contribution in [0.1, 0.15) is 39.0 Å². The summed E-state index contributed by atoms with van der Waals surface area (Å²) >= 11 is 0. The van der Waals surface area contributed by atoms with Gasteiger partial charge < -0.3 is 10.2 Å². The third-order valence-corrected chi connectivity index (χ3v) is 5.88. The highest BCUT2D eigenvalue weighted by Crippen LogP contribution is 2.27.